The third-order valence-electron chi connectivity index (χ3n) is 4.48. The summed E-state index contributed by atoms with van der Waals surface area (Å²) in [5.41, 5.74) is 2.30. The molecule has 0 saturated heterocycles. The fraction of sp³-hybridized carbons (Fsp3) is 0.250. The maximum absolute atomic E-state index is 13.4. The Kier molecular flexibility index (Phi) is 4.65. The van der Waals surface area contributed by atoms with Crippen molar-refractivity contribution >= 4 is 5.78 Å². The maximum Gasteiger partial charge on any atom is 0.277 e. The van der Waals surface area contributed by atoms with E-state index in [-0.39, 0.29) is 17.9 Å². The van der Waals surface area contributed by atoms with Gasteiger partial charge in [-0.3, -0.25) is 4.79 Å². The van der Waals surface area contributed by atoms with Gasteiger partial charge in [-0.05, 0) is 42.7 Å². The van der Waals surface area contributed by atoms with Crippen LogP contribution in [0.25, 0.3) is 0 Å². The van der Waals surface area contributed by atoms with Gasteiger partial charge in [0.2, 0.25) is 0 Å². The van der Waals surface area contributed by atoms with E-state index in [1.807, 2.05) is 18.2 Å². The minimum Gasteiger partial charge on any atom is -0.289 e. The molecular formula is C20H18F2O. The van der Waals surface area contributed by atoms with Crippen LogP contribution in [0.1, 0.15) is 46.7 Å². The maximum atomic E-state index is 13.4. The van der Waals surface area contributed by atoms with Gasteiger partial charge in [0.1, 0.15) is 0 Å². The monoisotopic (exact) mass is 312 g/mol. The number of rotatable bonds is 4. The number of allylic oxidation sites excluding steroid dienone is 1. The highest BCUT2D eigenvalue weighted by atomic mass is 19.3. The zero-order valence-corrected chi connectivity index (χ0v) is 12.8. The lowest BCUT2D eigenvalue weighted by Gasteiger charge is -2.25. The lowest BCUT2D eigenvalue weighted by atomic mass is 9.79. The van der Waals surface area contributed by atoms with Gasteiger partial charge in [0.15, 0.2) is 5.78 Å². The summed E-state index contributed by atoms with van der Waals surface area (Å²) in [6.45, 7) is 0. The van der Waals surface area contributed by atoms with E-state index in [0.717, 1.165) is 24.8 Å². The number of carbonyl (C=O) groups is 1. The lowest BCUT2D eigenvalue weighted by Crippen LogP contribution is -2.14. The Balaban J connectivity index is 1.88. The van der Waals surface area contributed by atoms with Crippen molar-refractivity contribution in [2.24, 2.45) is 0 Å². The van der Waals surface area contributed by atoms with Crippen LogP contribution in [-0.4, -0.2) is 5.78 Å². The molecule has 1 aliphatic rings. The van der Waals surface area contributed by atoms with Crippen molar-refractivity contribution in [1.29, 1.82) is 0 Å². The molecular weight excluding hydrogens is 294 g/mol. The van der Waals surface area contributed by atoms with Gasteiger partial charge in [-0.25, -0.2) is 0 Å². The summed E-state index contributed by atoms with van der Waals surface area (Å²) in [6, 6.07) is 16.3. The van der Waals surface area contributed by atoms with Gasteiger partial charge in [0.05, 0.1) is 5.57 Å². The lowest BCUT2D eigenvalue weighted by molar-refractivity contribution is 0.102. The number of carbonyl (C=O) groups excluding carboxylic acids is 1. The van der Waals surface area contributed by atoms with E-state index in [9.17, 15) is 13.6 Å². The predicted molar refractivity (Wildman–Crippen MR) is 86.8 cm³/mol. The van der Waals surface area contributed by atoms with Crippen molar-refractivity contribution in [3.8, 4) is 0 Å². The van der Waals surface area contributed by atoms with Gasteiger partial charge in [-0.15, -0.1) is 0 Å². The number of benzene rings is 2. The van der Waals surface area contributed by atoms with Crippen LogP contribution in [0.2, 0.25) is 0 Å². The van der Waals surface area contributed by atoms with Gasteiger partial charge in [-0.2, -0.15) is 8.78 Å². The molecule has 3 heteroatoms. The second-order valence-corrected chi connectivity index (χ2v) is 5.93. The fourth-order valence-corrected chi connectivity index (χ4v) is 3.33. The average Bonchev–Trinajstić information content (AvgIpc) is 2.59. The van der Waals surface area contributed by atoms with Crippen LogP contribution in [0.15, 0.2) is 66.3 Å². The Labute approximate surface area is 134 Å². The topological polar surface area (TPSA) is 17.1 Å². The molecule has 1 atom stereocenters. The van der Waals surface area contributed by atoms with Gasteiger partial charge in [0.25, 0.3) is 6.08 Å². The molecule has 1 aliphatic carbocycles. The Hall–Kier alpha value is -2.29. The first kappa shape index (κ1) is 15.6. The summed E-state index contributed by atoms with van der Waals surface area (Å²) in [5.74, 6) is -0.572. The number of Topliss-reactive ketones (excluding diaryl/α,β-unsaturated/α-hetero) is 1. The van der Waals surface area contributed by atoms with Gasteiger partial charge in [0, 0.05) is 5.56 Å². The first-order valence-corrected chi connectivity index (χ1v) is 7.88. The summed E-state index contributed by atoms with van der Waals surface area (Å²) < 4.78 is 26.9. The smallest absolute Gasteiger partial charge is 0.277 e. The fourth-order valence-electron chi connectivity index (χ4n) is 3.33. The van der Waals surface area contributed by atoms with E-state index in [2.05, 4.69) is 6.07 Å². The Morgan fingerprint density at radius 2 is 1.70 bits per heavy atom. The first-order chi connectivity index (χ1) is 11.2. The van der Waals surface area contributed by atoms with Crippen LogP contribution >= 0.6 is 0 Å². The molecule has 23 heavy (non-hydrogen) atoms. The number of halogens is 2. The van der Waals surface area contributed by atoms with Crippen molar-refractivity contribution in [2.45, 2.75) is 31.6 Å². The Bertz CT molecular complexity index is 730. The van der Waals surface area contributed by atoms with Crippen molar-refractivity contribution < 1.29 is 13.6 Å². The van der Waals surface area contributed by atoms with Gasteiger partial charge in [-0.1, -0.05) is 54.6 Å². The second-order valence-electron chi connectivity index (χ2n) is 5.93. The highest BCUT2D eigenvalue weighted by Crippen LogP contribution is 2.37. The van der Waals surface area contributed by atoms with Crippen molar-refractivity contribution in [3.63, 3.8) is 0 Å². The second kappa shape index (κ2) is 6.86. The average molecular weight is 312 g/mol. The molecule has 0 fully saturated rings. The minimum atomic E-state index is -1.86. The third-order valence-corrected chi connectivity index (χ3v) is 4.48. The van der Waals surface area contributed by atoms with Gasteiger partial charge < -0.3 is 0 Å². The van der Waals surface area contributed by atoms with Crippen LogP contribution in [-0.2, 0) is 6.42 Å². The predicted octanol–water partition coefficient (Wildman–Crippen LogP) is 5.53. The van der Waals surface area contributed by atoms with Crippen LogP contribution < -0.4 is 0 Å². The highest BCUT2D eigenvalue weighted by Gasteiger charge is 2.26. The van der Waals surface area contributed by atoms with E-state index in [1.54, 1.807) is 30.3 Å². The van der Waals surface area contributed by atoms with Gasteiger partial charge >= 0.3 is 0 Å². The number of ketones is 1. The zero-order chi connectivity index (χ0) is 16.2. The summed E-state index contributed by atoms with van der Waals surface area (Å²) in [4.78, 5) is 12.4. The number of aryl methyl sites for hydroxylation is 1. The summed E-state index contributed by atoms with van der Waals surface area (Å²) in [6.07, 6.45) is 1.05. The molecule has 118 valence electrons. The first-order valence-electron chi connectivity index (χ1n) is 7.88. The summed E-state index contributed by atoms with van der Waals surface area (Å²) >= 11 is 0. The zero-order valence-electron chi connectivity index (χ0n) is 12.8. The number of hydrogen-bond acceptors (Lipinski definition) is 1. The molecule has 0 N–H and O–H groups in total. The molecule has 1 unspecified atom stereocenters. The molecule has 1 nitrogen and oxygen atoms in total. The molecule has 0 radical (unpaired) electrons. The molecule has 0 amide bonds. The number of fused-ring (bicyclic) bond motifs is 1. The van der Waals surface area contributed by atoms with E-state index < -0.39 is 11.9 Å². The molecule has 2 aromatic rings. The normalized spacial score (nSPS) is 16.5. The summed E-state index contributed by atoms with van der Waals surface area (Å²) in [5, 5.41) is 0. The minimum absolute atomic E-state index is 0.0101. The quantitative estimate of drug-likeness (QED) is 0.536. The van der Waals surface area contributed by atoms with E-state index in [0.29, 0.717) is 5.56 Å². The highest BCUT2D eigenvalue weighted by molar-refractivity contribution is 6.08. The molecule has 0 bridgehead atoms. The SMILES string of the molecule is O=C(C(CC1CCCc2ccccc21)=C(F)F)c1ccccc1. The van der Waals surface area contributed by atoms with E-state index in [1.165, 1.54) is 5.56 Å². The van der Waals surface area contributed by atoms with Crippen molar-refractivity contribution in [3.05, 3.63) is 82.9 Å². The number of hydrogen-bond donors (Lipinski definition) is 0. The van der Waals surface area contributed by atoms with Crippen LogP contribution in [0.5, 0.6) is 0 Å². The molecule has 0 aliphatic heterocycles. The Morgan fingerprint density at radius 1 is 1.00 bits per heavy atom. The van der Waals surface area contributed by atoms with E-state index in [4.69, 9.17) is 0 Å². The van der Waals surface area contributed by atoms with Crippen molar-refractivity contribution in [1.82, 2.24) is 0 Å². The van der Waals surface area contributed by atoms with Crippen molar-refractivity contribution in [2.75, 3.05) is 0 Å². The molecule has 0 spiro atoms. The Morgan fingerprint density at radius 3 is 2.43 bits per heavy atom. The van der Waals surface area contributed by atoms with Crippen LogP contribution in [0.3, 0.4) is 0 Å². The third kappa shape index (κ3) is 3.39. The largest absolute Gasteiger partial charge is 0.289 e. The molecule has 3 rings (SSSR count). The van der Waals surface area contributed by atoms with E-state index >= 15 is 0 Å². The standard InChI is InChI=1S/C20H18F2O/c21-20(22)18(19(23)15-8-2-1-3-9-15)13-16-11-6-10-14-7-4-5-12-17(14)16/h1-5,7-9,12,16H,6,10-11,13H2. The van der Waals surface area contributed by atoms with Crippen LogP contribution in [0, 0.1) is 0 Å². The molecule has 0 aromatic heterocycles. The molecule has 0 heterocycles. The summed E-state index contributed by atoms with van der Waals surface area (Å²) in [7, 11) is 0. The molecule has 0 saturated carbocycles. The van der Waals surface area contributed by atoms with Crippen LogP contribution in [0.4, 0.5) is 8.78 Å². The molecule has 2 aromatic carbocycles.